The molecule has 0 amide bonds. The molecule has 6 heteroatoms. The Morgan fingerprint density at radius 2 is 1.95 bits per heavy atom. The van der Waals surface area contributed by atoms with E-state index in [0.717, 1.165) is 11.2 Å². The molecule has 0 fully saturated rings. The van der Waals surface area contributed by atoms with Crippen molar-refractivity contribution in [2.75, 3.05) is 19.0 Å². The maximum atomic E-state index is 13.8. The van der Waals surface area contributed by atoms with Gasteiger partial charge in [0, 0.05) is 14.1 Å². The zero-order chi connectivity index (χ0) is 13.4. The number of rotatable bonds is 2. The maximum Gasteiger partial charge on any atom is 0.168 e. The van der Waals surface area contributed by atoms with Gasteiger partial charge in [0.1, 0.15) is 23.6 Å². The third kappa shape index (κ3) is 1.81. The van der Waals surface area contributed by atoms with Gasteiger partial charge in [-0.15, -0.1) is 0 Å². The predicted octanol–water partition coefficient (Wildman–Crippen LogP) is 2.02. The molecule has 0 saturated carbocycles. The van der Waals surface area contributed by atoms with Crippen LogP contribution in [0.5, 0.6) is 0 Å². The van der Waals surface area contributed by atoms with E-state index in [9.17, 15) is 4.39 Å². The second-order valence-corrected chi connectivity index (χ2v) is 4.34. The number of hydrogen-bond donors (Lipinski definition) is 0. The second kappa shape index (κ2) is 4.31. The van der Waals surface area contributed by atoms with Crippen LogP contribution in [0, 0.1) is 5.82 Å². The number of para-hydroxylation sites is 1. The van der Waals surface area contributed by atoms with Gasteiger partial charge in [-0.25, -0.2) is 19.0 Å². The number of anilines is 1. The molecule has 0 N–H and O–H groups in total. The molecule has 0 aliphatic heterocycles. The number of nitrogens with zero attached hydrogens (tertiary/aromatic N) is 5. The van der Waals surface area contributed by atoms with E-state index in [-0.39, 0.29) is 5.82 Å². The van der Waals surface area contributed by atoms with Gasteiger partial charge in [-0.3, -0.25) is 0 Å². The summed E-state index contributed by atoms with van der Waals surface area (Å²) in [6.45, 7) is 0. The van der Waals surface area contributed by atoms with E-state index in [2.05, 4.69) is 15.1 Å². The summed E-state index contributed by atoms with van der Waals surface area (Å²) >= 11 is 0. The Hall–Kier alpha value is -2.50. The van der Waals surface area contributed by atoms with Crippen molar-refractivity contribution in [1.29, 1.82) is 0 Å². The van der Waals surface area contributed by atoms with Gasteiger partial charge in [-0.05, 0) is 12.1 Å². The van der Waals surface area contributed by atoms with Gasteiger partial charge in [0.05, 0.1) is 11.6 Å². The van der Waals surface area contributed by atoms with Gasteiger partial charge in [0.25, 0.3) is 0 Å². The summed E-state index contributed by atoms with van der Waals surface area (Å²) in [5, 5.41) is 5.00. The van der Waals surface area contributed by atoms with Crippen molar-refractivity contribution < 1.29 is 4.39 Å². The summed E-state index contributed by atoms with van der Waals surface area (Å²) in [6, 6.07) is 6.47. The van der Waals surface area contributed by atoms with E-state index in [1.807, 2.05) is 19.0 Å². The van der Waals surface area contributed by atoms with Crippen LogP contribution in [0.15, 0.2) is 36.8 Å². The Morgan fingerprint density at radius 3 is 2.68 bits per heavy atom. The second-order valence-electron chi connectivity index (χ2n) is 4.34. The van der Waals surface area contributed by atoms with E-state index in [0.29, 0.717) is 11.3 Å². The molecule has 1 aromatic carbocycles. The van der Waals surface area contributed by atoms with E-state index in [1.165, 1.54) is 17.1 Å². The summed E-state index contributed by atoms with van der Waals surface area (Å²) in [5.74, 6) is 0.421. The average molecular weight is 257 g/mol. The molecule has 0 unspecified atom stereocenters. The van der Waals surface area contributed by atoms with Crippen molar-refractivity contribution in [3.63, 3.8) is 0 Å². The summed E-state index contributed by atoms with van der Waals surface area (Å²) in [7, 11) is 3.78. The van der Waals surface area contributed by atoms with Crippen LogP contribution in [0.4, 0.5) is 10.2 Å². The zero-order valence-corrected chi connectivity index (χ0v) is 10.6. The van der Waals surface area contributed by atoms with Crippen LogP contribution >= 0.6 is 0 Å². The average Bonchev–Trinajstić information content (AvgIpc) is 2.82. The first kappa shape index (κ1) is 11.6. The van der Waals surface area contributed by atoms with Gasteiger partial charge in [-0.2, -0.15) is 5.10 Å². The Balaban J connectivity index is 2.28. The lowest BCUT2D eigenvalue weighted by Crippen LogP contribution is -2.11. The third-order valence-corrected chi connectivity index (χ3v) is 2.85. The largest absolute Gasteiger partial charge is 0.362 e. The molecule has 3 rings (SSSR count). The first-order valence-electron chi connectivity index (χ1n) is 5.79. The van der Waals surface area contributed by atoms with E-state index < -0.39 is 0 Å². The molecule has 0 atom stereocenters. The van der Waals surface area contributed by atoms with Crippen molar-refractivity contribution in [2.24, 2.45) is 0 Å². The van der Waals surface area contributed by atoms with E-state index in [4.69, 9.17) is 0 Å². The molecule has 5 nitrogen and oxygen atoms in total. The third-order valence-electron chi connectivity index (χ3n) is 2.85. The first-order valence-corrected chi connectivity index (χ1v) is 5.79. The smallest absolute Gasteiger partial charge is 0.168 e. The van der Waals surface area contributed by atoms with Crippen LogP contribution in [0.3, 0.4) is 0 Å². The molecule has 19 heavy (non-hydrogen) atoms. The summed E-state index contributed by atoms with van der Waals surface area (Å²) in [5.41, 5.74) is 0.963. The Morgan fingerprint density at radius 1 is 1.16 bits per heavy atom. The van der Waals surface area contributed by atoms with Gasteiger partial charge < -0.3 is 4.90 Å². The fourth-order valence-electron chi connectivity index (χ4n) is 1.99. The fraction of sp³-hybridized carbons (Fsp3) is 0.154. The summed E-state index contributed by atoms with van der Waals surface area (Å²) in [4.78, 5) is 10.3. The normalized spacial score (nSPS) is 10.9. The van der Waals surface area contributed by atoms with Crippen molar-refractivity contribution in [3.05, 3.63) is 42.6 Å². The van der Waals surface area contributed by atoms with E-state index >= 15 is 0 Å². The van der Waals surface area contributed by atoms with Crippen LogP contribution in [-0.2, 0) is 0 Å². The number of hydrogen-bond acceptors (Lipinski definition) is 4. The minimum atomic E-state index is -0.336. The predicted molar refractivity (Wildman–Crippen MR) is 70.9 cm³/mol. The number of halogens is 1. The number of fused-ring (bicyclic) bond motifs is 1. The van der Waals surface area contributed by atoms with E-state index in [1.54, 1.807) is 24.4 Å². The number of benzene rings is 1. The topological polar surface area (TPSA) is 46.8 Å². The molecule has 0 saturated heterocycles. The highest BCUT2D eigenvalue weighted by Crippen LogP contribution is 2.23. The monoisotopic (exact) mass is 257 g/mol. The van der Waals surface area contributed by atoms with Gasteiger partial charge in [0.15, 0.2) is 5.65 Å². The molecule has 96 valence electrons. The standard InChI is InChI=1S/C13H12FN5/c1-18(2)12-9-7-17-19(13(9)16-8-15-12)11-6-4-3-5-10(11)14/h3-8H,1-2H3. The van der Waals surface area contributed by atoms with Gasteiger partial charge in [0.2, 0.25) is 0 Å². The highest BCUT2D eigenvalue weighted by atomic mass is 19.1. The van der Waals surface area contributed by atoms with Crippen LogP contribution < -0.4 is 4.90 Å². The molecule has 0 radical (unpaired) electrons. The molecular formula is C13H12FN5. The van der Waals surface area contributed by atoms with Crippen LogP contribution in [0.25, 0.3) is 16.7 Å². The lowest BCUT2D eigenvalue weighted by Gasteiger charge is -2.11. The highest BCUT2D eigenvalue weighted by Gasteiger charge is 2.13. The molecule has 2 aromatic heterocycles. The molecule has 3 aromatic rings. The molecule has 0 spiro atoms. The van der Waals surface area contributed by atoms with Crippen LogP contribution in [0.2, 0.25) is 0 Å². The highest BCUT2D eigenvalue weighted by molar-refractivity contribution is 5.87. The molecule has 0 aliphatic rings. The minimum absolute atomic E-state index is 0.336. The lowest BCUT2D eigenvalue weighted by molar-refractivity contribution is 0.612. The number of aromatic nitrogens is 4. The molecule has 0 aliphatic carbocycles. The van der Waals surface area contributed by atoms with Crippen molar-refractivity contribution in [1.82, 2.24) is 19.7 Å². The van der Waals surface area contributed by atoms with Crippen molar-refractivity contribution >= 4 is 16.9 Å². The molecule has 0 bridgehead atoms. The SMILES string of the molecule is CN(C)c1ncnc2c1cnn2-c1ccccc1F. The Bertz CT molecular complexity index is 735. The van der Waals surface area contributed by atoms with Crippen LogP contribution in [-0.4, -0.2) is 33.8 Å². The van der Waals surface area contributed by atoms with Gasteiger partial charge >= 0.3 is 0 Å². The summed E-state index contributed by atoms with van der Waals surface area (Å²) in [6.07, 6.45) is 3.10. The summed E-state index contributed by atoms with van der Waals surface area (Å²) < 4.78 is 15.3. The maximum absolute atomic E-state index is 13.8. The molecular weight excluding hydrogens is 245 g/mol. The Labute approximate surface area is 109 Å². The van der Waals surface area contributed by atoms with Crippen molar-refractivity contribution in [2.45, 2.75) is 0 Å². The van der Waals surface area contributed by atoms with Crippen LogP contribution in [0.1, 0.15) is 0 Å². The quantitative estimate of drug-likeness (QED) is 0.704. The fourth-order valence-corrected chi connectivity index (χ4v) is 1.99. The first-order chi connectivity index (χ1) is 9.18. The molecule has 2 heterocycles. The Kier molecular flexibility index (Phi) is 2.63. The lowest BCUT2D eigenvalue weighted by atomic mass is 10.3. The zero-order valence-electron chi connectivity index (χ0n) is 10.6. The van der Waals surface area contributed by atoms with Crippen molar-refractivity contribution in [3.8, 4) is 5.69 Å². The van der Waals surface area contributed by atoms with Gasteiger partial charge in [-0.1, -0.05) is 12.1 Å². The minimum Gasteiger partial charge on any atom is -0.362 e.